The molecule has 0 bridgehead atoms. The Morgan fingerprint density at radius 2 is 2.11 bits per heavy atom. The van der Waals surface area contributed by atoms with Crippen LogP contribution in [-0.4, -0.2) is 31.9 Å². The van der Waals surface area contributed by atoms with Crippen LogP contribution in [0.3, 0.4) is 0 Å². The molecule has 1 saturated carbocycles. The van der Waals surface area contributed by atoms with Gasteiger partial charge in [-0.3, -0.25) is 0 Å². The van der Waals surface area contributed by atoms with E-state index in [1.54, 1.807) is 7.11 Å². The smallest absolute Gasteiger partial charge is 0.120 e. The first-order chi connectivity index (χ1) is 8.70. The third-order valence-electron chi connectivity index (χ3n) is 3.87. The molecule has 0 amide bonds. The Hall–Kier alpha value is -1.22. The molecule has 2 rings (SSSR count). The summed E-state index contributed by atoms with van der Waals surface area (Å²) in [7, 11) is 3.76. The van der Waals surface area contributed by atoms with Crippen LogP contribution in [0, 0.1) is 5.92 Å². The number of aliphatic hydroxyl groups is 1. The summed E-state index contributed by atoms with van der Waals surface area (Å²) in [4.78, 5) is 2.21. The summed E-state index contributed by atoms with van der Waals surface area (Å²) in [6.45, 7) is 0.911. The zero-order valence-electron chi connectivity index (χ0n) is 11.3. The monoisotopic (exact) mass is 249 g/mol. The van der Waals surface area contributed by atoms with Gasteiger partial charge in [0.15, 0.2) is 0 Å². The molecule has 3 nitrogen and oxygen atoms in total. The van der Waals surface area contributed by atoms with Crippen molar-refractivity contribution in [2.24, 2.45) is 5.92 Å². The van der Waals surface area contributed by atoms with Gasteiger partial charge in [-0.05, 0) is 25.0 Å². The van der Waals surface area contributed by atoms with E-state index < -0.39 is 0 Å². The average molecular weight is 249 g/mol. The van der Waals surface area contributed by atoms with Crippen molar-refractivity contribution in [1.29, 1.82) is 0 Å². The summed E-state index contributed by atoms with van der Waals surface area (Å²) in [5, 5.41) is 10.0. The lowest BCUT2D eigenvalue weighted by atomic mass is 9.86. The first-order valence-corrected chi connectivity index (χ1v) is 6.74. The second kappa shape index (κ2) is 6.10. The Kier molecular flexibility index (Phi) is 4.48. The minimum absolute atomic E-state index is 0.133. The summed E-state index contributed by atoms with van der Waals surface area (Å²) >= 11 is 0. The van der Waals surface area contributed by atoms with Crippen LogP contribution in [0.4, 0.5) is 5.69 Å². The van der Waals surface area contributed by atoms with Crippen molar-refractivity contribution in [2.45, 2.75) is 31.8 Å². The van der Waals surface area contributed by atoms with E-state index in [-0.39, 0.29) is 6.10 Å². The molecule has 0 radical (unpaired) electrons. The van der Waals surface area contributed by atoms with Gasteiger partial charge in [-0.15, -0.1) is 0 Å². The van der Waals surface area contributed by atoms with Crippen LogP contribution in [0.15, 0.2) is 24.3 Å². The minimum Gasteiger partial charge on any atom is -0.497 e. The van der Waals surface area contributed by atoms with Crippen LogP contribution in [0.1, 0.15) is 25.7 Å². The molecule has 1 fully saturated rings. The standard InChI is InChI=1S/C15H23NO2/c1-16(11-12-6-3-4-9-15(12)17)13-7-5-8-14(10-13)18-2/h5,7-8,10,12,15,17H,3-4,6,9,11H2,1-2H3. The number of aliphatic hydroxyl groups excluding tert-OH is 1. The minimum atomic E-state index is -0.133. The molecule has 0 spiro atoms. The number of benzene rings is 1. The predicted octanol–water partition coefficient (Wildman–Crippen LogP) is 2.68. The molecule has 1 aromatic carbocycles. The summed E-state index contributed by atoms with van der Waals surface area (Å²) in [5.74, 6) is 1.28. The topological polar surface area (TPSA) is 32.7 Å². The van der Waals surface area contributed by atoms with Crippen molar-refractivity contribution in [3.05, 3.63) is 24.3 Å². The molecule has 0 heterocycles. The fourth-order valence-electron chi connectivity index (χ4n) is 2.71. The predicted molar refractivity (Wildman–Crippen MR) is 74.2 cm³/mol. The zero-order valence-corrected chi connectivity index (χ0v) is 11.3. The Morgan fingerprint density at radius 1 is 1.33 bits per heavy atom. The summed E-state index contributed by atoms with van der Waals surface area (Å²) in [6.07, 6.45) is 4.37. The number of hydrogen-bond donors (Lipinski definition) is 1. The van der Waals surface area contributed by atoms with Gasteiger partial charge in [0.05, 0.1) is 13.2 Å². The molecule has 1 N–H and O–H groups in total. The van der Waals surface area contributed by atoms with Crippen LogP contribution >= 0.6 is 0 Å². The van der Waals surface area contributed by atoms with Crippen LogP contribution in [-0.2, 0) is 0 Å². The number of anilines is 1. The maximum absolute atomic E-state index is 10.0. The summed E-state index contributed by atoms with van der Waals surface area (Å²) in [6, 6.07) is 8.07. The molecule has 1 aromatic rings. The largest absolute Gasteiger partial charge is 0.497 e. The van der Waals surface area contributed by atoms with Gasteiger partial charge in [0, 0.05) is 31.3 Å². The molecule has 3 heteroatoms. The van der Waals surface area contributed by atoms with Gasteiger partial charge in [0.25, 0.3) is 0 Å². The van der Waals surface area contributed by atoms with Crippen LogP contribution in [0.25, 0.3) is 0 Å². The van der Waals surface area contributed by atoms with Gasteiger partial charge in [0.1, 0.15) is 5.75 Å². The lowest BCUT2D eigenvalue weighted by molar-refractivity contribution is 0.0736. The lowest BCUT2D eigenvalue weighted by Crippen LogP contribution is -2.35. The van der Waals surface area contributed by atoms with Crippen molar-refractivity contribution in [3.63, 3.8) is 0 Å². The second-order valence-corrected chi connectivity index (χ2v) is 5.19. The molecule has 18 heavy (non-hydrogen) atoms. The molecule has 1 aliphatic rings. The third kappa shape index (κ3) is 3.16. The van der Waals surface area contributed by atoms with Crippen LogP contribution < -0.4 is 9.64 Å². The number of nitrogens with zero attached hydrogens (tertiary/aromatic N) is 1. The first-order valence-electron chi connectivity index (χ1n) is 6.74. The van der Waals surface area contributed by atoms with Crippen molar-refractivity contribution in [3.8, 4) is 5.75 Å². The lowest BCUT2D eigenvalue weighted by Gasteiger charge is -2.32. The number of ether oxygens (including phenoxy) is 1. The highest BCUT2D eigenvalue weighted by molar-refractivity contribution is 5.50. The molecule has 0 saturated heterocycles. The van der Waals surface area contributed by atoms with E-state index in [0.717, 1.165) is 30.8 Å². The molecular weight excluding hydrogens is 226 g/mol. The van der Waals surface area contributed by atoms with Crippen LogP contribution in [0.2, 0.25) is 0 Å². The molecule has 0 aliphatic heterocycles. The molecule has 0 aromatic heterocycles. The Bertz CT molecular complexity index is 381. The second-order valence-electron chi connectivity index (χ2n) is 5.19. The van der Waals surface area contributed by atoms with E-state index in [2.05, 4.69) is 18.0 Å². The Labute approximate surface area is 109 Å². The first kappa shape index (κ1) is 13.2. The number of methoxy groups -OCH3 is 1. The van der Waals surface area contributed by atoms with Gasteiger partial charge >= 0.3 is 0 Å². The average Bonchev–Trinajstić information content (AvgIpc) is 2.41. The third-order valence-corrected chi connectivity index (χ3v) is 3.87. The number of rotatable bonds is 4. The van der Waals surface area contributed by atoms with Gasteiger partial charge < -0.3 is 14.7 Å². The fraction of sp³-hybridized carbons (Fsp3) is 0.600. The van der Waals surface area contributed by atoms with Crippen molar-refractivity contribution in [1.82, 2.24) is 0 Å². The van der Waals surface area contributed by atoms with E-state index in [1.165, 1.54) is 12.8 Å². The van der Waals surface area contributed by atoms with Crippen molar-refractivity contribution < 1.29 is 9.84 Å². The molecule has 2 unspecified atom stereocenters. The zero-order chi connectivity index (χ0) is 13.0. The van der Waals surface area contributed by atoms with Crippen LogP contribution in [0.5, 0.6) is 5.75 Å². The maximum atomic E-state index is 10.0. The Balaban J connectivity index is 1.99. The van der Waals surface area contributed by atoms with Gasteiger partial charge in [-0.1, -0.05) is 18.9 Å². The normalized spacial score (nSPS) is 23.7. The summed E-state index contributed by atoms with van der Waals surface area (Å²) < 4.78 is 5.24. The van der Waals surface area contributed by atoms with Crippen molar-refractivity contribution >= 4 is 5.69 Å². The van der Waals surface area contributed by atoms with E-state index in [4.69, 9.17) is 4.74 Å². The Morgan fingerprint density at radius 3 is 2.83 bits per heavy atom. The van der Waals surface area contributed by atoms with E-state index in [9.17, 15) is 5.11 Å². The molecule has 2 atom stereocenters. The summed E-state index contributed by atoms with van der Waals surface area (Å²) in [5.41, 5.74) is 1.15. The van der Waals surface area contributed by atoms with E-state index in [0.29, 0.717) is 5.92 Å². The quantitative estimate of drug-likeness (QED) is 0.890. The van der Waals surface area contributed by atoms with Gasteiger partial charge in [-0.25, -0.2) is 0 Å². The van der Waals surface area contributed by atoms with Crippen molar-refractivity contribution in [2.75, 3.05) is 25.6 Å². The molecular formula is C15H23NO2. The van der Waals surface area contributed by atoms with E-state index in [1.807, 2.05) is 18.2 Å². The highest BCUT2D eigenvalue weighted by Gasteiger charge is 2.24. The van der Waals surface area contributed by atoms with Gasteiger partial charge in [0.2, 0.25) is 0 Å². The fourth-order valence-corrected chi connectivity index (χ4v) is 2.71. The number of hydrogen-bond acceptors (Lipinski definition) is 3. The van der Waals surface area contributed by atoms with E-state index >= 15 is 0 Å². The molecule has 100 valence electrons. The highest BCUT2D eigenvalue weighted by Crippen LogP contribution is 2.27. The molecule has 1 aliphatic carbocycles. The SMILES string of the molecule is COc1cccc(N(C)CC2CCCCC2O)c1. The highest BCUT2D eigenvalue weighted by atomic mass is 16.5. The van der Waals surface area contributed by atoms with Gasteiger partial charge in [-0.2, -0.15) is 0 Å². The maximum Gasteiger partial charge on any atom is 0.120 e.